The second-order valence-electron chi connectivity index (χ2n) is 0.365. The van der Waals surface area contributed by atoms with Crippen LogP contribution in [0.1, 0.15) is 0 Å². The van der Waals surface area contributed by atoms with Gasteiger partial charge in [0.25, 0.3) is 0 Å². The molecule has 0 saturated heterocycles. The molecule has 0 aliphatic rings. The molecule has 0 amide bonds. The number of hydrogen-bond donors (Lipinski definition) is 4. The Morgan fingerprint density at radius 2 is 0.538 bits per heavy atom. The molecule has 9 heteroatoms. The first-order chi connectivity index (χ1) is 5.66. The van der Waals surface area contributed by atoms with E-state index in [4.69, 9.17) is 39.6 Å². The van der Waals surface area contributed by atoms with Crippen LogP contribution in [0.4, 0.5) is 0 Å². The van der Waals surface area contributed by atoms with Crippen molar-refractivity contribution >= 4 is 25.9 Å². The van der Waals surface area contributed by atoms with Gasteiger partial charge in [-0.1, -0.05) is 25.9 Å². The fraction of sp³-hybridized carbons (Fsp3) is 0. The van der Waals surface area contributed by atoms with Crippen LogP contribution < -0.4 is 0 Å². The van der Waals surface area contributed by atoms with E-state index in [0.29, 0.717) is 25.9 Å². The quantitative estimate of drug-likeness (QED) is 0.291. The zero-order valence-corrected chi connectivity index (χ0v) is 6.98. The molecule has 0 atom stereocenters. The first-order valence-corrected chi connectivity index (χ1v) is 1.71. The minimum absolute atomic E-state index is 0. The van der Waals surface area contributed by atoms with Crippen molar-refractivity contribution < 1.29 is 56.7 Å². The Kier molecular flexibility index (Phi) is 370. The molecule has 0 aliphatic heterocycles. The summed E-state index contributed by atoms with van der Waals surface area (Å²) in [6.45, 7) is 2.00. The first kappa shape index (κ1) is 30.1. The third kappa shape index (κ3) is 286. The van der Waals surface area contributed by atoms with Crippen molar-refractivity contribution in [2.24, 2.45) is 0 Å². The van der Waals surface area contributed by atoms with Gasteiger partial charge in [-0.05, 0) is 0 Å². The van der Waals surface area contributed by atoms with Crippen molar-refractivity contribution in [3.05, 3.63) is 0 Å². The van der Waals surface area contributed by atoms with Crippen LogP contribution in [-0.2, 0) is 36.2 Å². The molecule has 0 saturated carbocycles. The molecular formula is C4H4MnO8-4. The first-order valence-electron chi connectivity index (χ1n) is 1.71. The Morgan fingerprint density at radius 3 is 0.538 bits per heavy atom. The molecular weight excluding hydrogens is 231 g/mol. The zero-order chi connectivity index (χ0) is 10.8. The summed E-state index contributed by atoms with van der Waals surface area (Å²) in [6.07, 6.45) is 0. The fourth-order valence-corrected chi connectivity index (χ4v) is 0. The molecule has 4 N–H and O–H groups in total. The zero-order valence-electron chi connectivity index (χ0n) is 5.80. The summed E-state index contributed by atoms with van der Waals surface area (Å²) in [4.78, 5) is 32.9. The monoisotopic (exact) mass is 235 g/mol. The van der Waals surface area contributed by atoms with Crippen LogP contribution in [0, 0.1) is 0 Å². The molecule has 0 bridgehead atoms. The second-order valence-corrected chi connectivity index (χ2v) is 0.365. The van der Waals surface area contributed by atoms with E-state index in [-0.39, 0.29) is 17.1 Å². The summed E-state index contributed by atoms with van der Waals surface area (Å²) < 4.78 is 0. The van der Waals surface area contributed by atoms with E-state index in [0.717, 1.165) is 0 Å². The number of hydrogen-bond acceptors (Lipinski definition) is 4. The second kappa shape index (κ2) is 160. The molecule has 13 heavy (non-hydrogen) atoms. The molecule has 0 heterocycles. The van der Waals surface area contributed by atoms with Crippen molar-refractivity contribution in [2.75, 3.05) is 0 Å². The van der Waals surface area contributed by atoms with E-state index in [1.165, 1.54) is 0 Å². The topological polar surface area (TPSA) is 149 Å². The largest absolute Gasteiger partial charge is 0.665 e. The van der Waals surface area contributed by atoms with Crippen molar-refractivity contribution in [3.63, 3.8) is 0 Å². The number of aliphatic hydroxyl groups excluding tert-OH is 4. The maximum Gasteiger partial charge on any atom is 0 e. The van der Waals surface area contributed by atoms with E-state index in [1.54, 1.807) is 0 Å². The van der Waals surface area contributed by atoms with E-state index in [2.05, 4.69) is 0 Å². The van der Waals surface area contributed by atoms with Gasteiger partial charge in [0, 0.05) is 17.1 Å². The molecule has 0 aliphatic carbocycles. The standard InChI is InChI=1S/4CHO2.Mn/c4*2-1-3;/h4*(H,2,3);/q4*-1;. The van der Waals surface area contributed by atoms with E-state index in [1.807, 2.05) is 0 Å². The number of rotatable bonds is 0. The van der Waals surface area contributed by atoms with Crippen LogP contribution in [0.2, 0.25) is 0 Å². The van der Waals surface area contributed by atoms with Crippen LogP contribution in [-0.4, -0.2) is 46.3 Å². The maximum absolute atomic E-state index is 8.24. The van der Waals surface area contributed by atoms with E-state index >= 15 is 0 Å². The van der Waals surface area contributed by atoms with Crippen LogP contribution in [0.15, 0.2) is 0 Å². The molecule has 0 spiro atoms. The van der Waals surface area contributed by atoms with Crippen LogP contribution in [0.5, 0.6) is 0 Å². The van der Waals surface area contributed by atoms with Crippen LogP contribution in [0.25, 0.3) is 0 Å². The van der Waals surface area contributed by atoms with Gasteiger partial charge in [-0.25, -0.2) is 0 Å². The normalized spacial score (nSPS) is 3.69. The molecule has 1 radical (unpaired) electrons. The fourth-order valence-electron chi connectivity index (χ4n) is 0. The summed E-state index contributed by atoms with van der Waals surface area (Å²) >= 11 is 0. The molecule has 79 valence electrons. The van der Waals surface area contributed by atoms with Crippen molar-refractivity contribution in [3.8, 4) is 0 Å². The average molecular weight is 235 g/mol. The van der Waals surface area contributed by atoms with Gasteiger partial charge in [-0.2, -0.15) is 0 Å². The van der Waals surface area contributed by atoms with Gasteiger partial charge in [0.1, 0.15) is 0 Å². The Labute approximate surface area is 83.3 Å². The van der Waals surface area contributed by atoms with Gasteiger partial charge in [0.05, 0.1) is 0 Å². The molecule has 0 aromatic carbocycles. The Hall–Kier alpha value is -1.60. The molecule has 0 fully saturated rings. The van der Waals surface area contributed by atoms with Gasteiger partial charge >= 0.3 is 0 Å². The summed E-state index contributed by atoms with van der Waals surface area (Å²) in [5.74, 6) is 0. The predicted octanol–water partition coefficient (Wildman–Crippen LogP) is -1.56. The minimum atomic E-state index is 0. The molecule has 8 nitrogen and oxygen atoms in total. The average Bonchev–Trinajstić information content (AvgIpc) is 1.92. The van der Waals surface area contributed by atoms with E-state index < -0.39 is 0 Å². The summed E-state index contributed by atoms with van der Waals surface area (Å²) in [7, 11) is 0. The Balaban J connectivity index is -0.0000000213. The Morgan fingerprint density at radius 1 is 0.538 bits per heavy atom. The molecule has 0 aromatic heterocycles. The van der Waals surface area contributed by atoms with Crippen LogP contribution in [0.3, 0.4) is 0 Å². The van der Waals surface area contributed by atoms with Crippen molar-refractivity contribution in [2.45, 2.75) is 0 Å². The van der Waals surface area contributed by atoms with E-state index in [9.17, 15) is 0 Å². The van der Waals surface area contributed by atoms with Gasteiger partial charge in [0.2, 0.25) is 0 Å². The molecule has 0 rings (SSSR count). The minimum Gasteiger partial charge on any atom is -0.665 e. The van der Waals surface area contributed by atoms with Gasteiger partial charge in [-0.15, -0.1) is 0 Å². The summed E-state index contributed by atoms with van der Waals surface area (Å²) in [5, 5.41) is 27.1. The molecule has 0 unspecified atom stereocenters. The van der Waals surface area contributed by atoms with Crippen molar-refractivity contribution in [1.82, 2.24) is 0 Å². The predicted molar refractivity (Wildman–Crippen MR) is 33.3 cm³/mol. The third-order valence-corrected chi connectivity index (χ3v) is 0. The van der Waals surface area contributed by atoms with Gasteiger partial charge < -0.3 is 39.6 Å². The van der Waals surface area contributed by atoms with Gasteiger partial charge in [-0.3, -0.25) is 0 Å². The van der Waals surface area contributed by atoms with Crippen molar-refractivity contribution in [1.29, 1.82) is 0 Å². The van der Waals surface area contributed by atoms with Gasteiger partial charge in [0.15, 0.2) is 0 Å². The maximum atomic E-state index is 8.24. The Bertz CT molecular complexity index is 70.1. The summed E-state index contributed by atoms with van der Waals surface area (Å²) in [5.41, 5.74) is 0. The smallest absolute Gasteiger partial charge is 0 e. The summed E-state index contributed by atoms with van der Waals surface area (Å²) in [6, 6.07) is 0. The SMILES string of the molecule is O=[C-]O.O=[C-]O.O=[C-]O.O=[C-]O.[Mn]. The molecule has 0 aromatic rings. The van der Waals surface area contributed by atoms with Crippen LogP contribution >= 0.6 is 0 Å². The third-order valence-electron chi connectivity index (χ3n) is 0.